The molecule has 3 aromatic rings. The van der Waals surface area contributed by atoms with Crippen LogP contribution in [0.3, 0.4) is 0 Å². The zero-order chi connectivity index (χ0) is 17.4. The predicted molar refractivity (Wildman–Crippen MR) is 91.3 cm³/mol. The molecule has 0 aliphatic carbocycles. The average Bonchev–Trinajstić information content (AvgIpc) is 3.12. The van der Waals surface area contributed by atoms with Crippen LogP contribution >= 0.6 is 11.3 Å². The van der Waals surface area contributed by atoms with Crippen molar-refractivity contribution in [2.24, 2.45) is 0 Å². The Balaban J connectivity index is 1.68. The number of aromatic nitrogens is 3. The van der Waals surface area contributed by atoms with Gasteiger partial charge in [0.1, 0.15) is 11.0 Å². The lowest BCUT2D eigenvalue weighted by molar-refractivity contribution is 0.0963. The largest absolute Gasteiger partial charge is 0.484 e. The van der Waals surface area contributed by atoms with Crippen LogP contribution in [-0.4, -0.2) is 33.5 Å². The van der Waals surface area contributed by atoms with Crippen LogP contribution in [0, 0.1) is 5.82 Å². The summed E-state index contributed by atoms with van der Waals surface area (Å²) in [6.07, 6.45) is 4.43. The Morgan fingerprint density at radius 1 is 1.28 bits per heavy atom. The van der Waals surface area contributed by atoms with Gasteiger partial charge in [0.15, 0.2) is 22.4 Å². The molecule has 1 aliphatic heterocycles. The number of rotatable bonds is 2. The van der Waals surface area contributed by atoms with Crippen LogP contribution in [-0.2, 0) is 0 Å². The first kappa shape index (κ1) is 15.6. The third-order valence-electron chi connectivity index (χ3n) is 3.71. The SMILES string of the molecule is CC1CN(C(=O)c2cnc(-c3ncccn3)s2)c2cccc(F)c2O1. The van der Waals surface area contributed by atoms with Gasteiger partial charge in [-0.1, -0.05) is 6.07 Å². The molecule has 0 bridgehead atoms. The molecule has 1 amide bonds. The summed E-state index contributed by atoms with van der Waals surface area (Å²) in [5.41, 5.74) is 0.425. The second-order valence-corrected chi connectivity index (χ2v) is 6.57. The molecule has 2 aromatic heterocycles. The Morgan fingerprint density at radius 2 is 2.08 bits per heavy atom. The minimum Gasteiger partial charge on any atom is -0.484 e. The number of para-hydroxylation sites is 1. The molecule has 1 aromatic carbocycles. The quantitative estimate of drug-likeness (QED) is 0.705. The average molecular weight is 356 g/mol. The number of carbonyl (C=O) groups excluding carboxylic acids is 1. The van der Waals surface area contributed by atoms with Crippen molar-refractivity contribution in [2.75, 3.05) is 11.4 Å². The molecule has 25 heavy (non-hydrogen) atoms. The standard InChI is InChI=1S/C17H13FN4O2S/c1-10-9-22(12-5-2-4-11(18)14(12)24-10)17(23)13-8-21-16(25-13)15-19-6-3-7-20-15/h2-8,10H,9H2,1H3. The summed E-state index contributed by atoms with van der Waals surface area (Å²) in [7, 11) is 0. The number of benzene rings is 1. The van der Waals surface area contributed by atoms with E-state index in [0.29, 0.717) is 27.9 Å². The fourth-order valence-electron chi connectivity index (χ4n) is 2.63. The van der Waals surface area contributed by atoms with E-state index in [9.17, 15) is 9.18 Å². The second-order valence-electron chi connectivity index (χ2n) is 5.53. The zero-order valence-electron chi connectivity index (χ0n) is 13.2. The summed E-state index contributed by atoms with van der Waals surface area (Å²) in [5.74, 6) is -0.162. The summed E-state index contributed by atoms with van der Waals surface area (Å²) in [5, 5.41) is 0.560. The summed E-state index contributed by atoms with van der Waals surface area (Å²) < 4.78 is 19.6. The molecule has 1 aliphatic rings. The Hall–Kier alpha value is -2.87. The van der Waals surface area contributed by atoms with Crippen LogP contribution < -0.4 is 9.64 Å². The lowest BCUT2D eigenvalue weighted by atomic mass is 10.2. The van der Waals surface area contributed by atoms with E-state index >= 15 is 0 Å². The van der Waals surface area contributed by atoms with Gasteiger partial charge in [0.2, 0.25) is 0 Å². The van der Waals surface area contributed by atoms with Gasteiger partial charge >= 0.3 is 0 Å². The van der Waals surface area contributed by atoms with Crippen molar-refractivity contribution in [3.8, 4) is 16.6 Å². The Bertz CT molecular complexity index is 931. The van der Waals surface area contributed by atoms with E-state index in [0.717, 1.165) is 0 Å². The number of ether oxygens (including phenoxy) is 1. The molecular weight excluding hydrogens is 343 g/mol. The molecule has 0 fully saturated rings. The Kier molecular flexibility index (Phi) is 3.89. The van der Waals surface area contributed by atoms with Crippen LogP contribution in [0.5, 0.6) is 5.75 Å². The van der Waals surface area contributed by atoms with Crippen molar-refractivity contribution >= 4 is 22.9 Å². The van der Waals surface area contributed by atoms with Crippen LogP contribution in [0.2, 0.25) is 0 Å². The maximum absolute atomic E-state index is 14.0. The number of anilines is 1. The number of fused-ring (bicyclic) bond motifs is 1. The van der Waals surface area contributed by atoms with Crippen LogP contribution in [0.1, 0.15) is 16.6 Å². The highest BCUT2D eigenvalue weighted by Crippen LogP contribution is 2.37. The van der Waals surface area contributed by atoms with E-state index in [4.69, 9.17) is 4.74 Å². The molecule has 1 atom stereocenters. The summed E-state index contributed by atoms with van der Waals surface area (Å²) >= 11 is 1.21. The lowest BCUT2D eigenvalue weighted by Crippen LogP contribution is -2.42. The van der Waals surface area contributed by atoms with Gasteiger partial charge in [-0.25, -0.2) is 19.3 Å². The molecule has 6 nitrogen and oxygen atoms in total. The highest BCUT2D eigenvalue weighted by Gasteiger charge is 2.31. The first-order valence-electron chi connectivity index (χ1n) is 7.63. The van der Waals surface area contributed by atoms with E-state index < -0.39 is 5.82 Å². The van der Waals surface area contributed by atoms with Gasteiger partial charge in [0.05, 0.1) is 18.4 Å². The molecule has 0 saturated carbocycles. The van der Waals surface area contributed by atoms with E-state index in [2.05, 4.69) is 15.0 Å². The number of nitrogens with zero attached hydrogens (tertiary/aromatic N) is 4. The summed E-state index contributed by atoms with van der Waals surface area (Å²) in [6.45, 7) is 2.13. The first-order valence-corrected chi connectivity index (χ1v) is 8.45. The third kappa shape index (κ3) is 2.85. The number of thiazole rings is 1. The molecule has 1 unspecified atom stereocenters. The van der Waals surface area contributed by atoms with E-state index in [1.807, 2.05) is 0 Å². The van der Waals surface area contributed by atoms with Gasteiger partial charge in [-0.3, -0.25) is 4.79 Å². The van der Waals surface area contributed by atoms with Gasteiger partial charge in [-0.2, -0.15) is 0 Å². The maximum atomic E-state index is 14.0. The van der Waals surface area contributed by atoms with Crippen molar-refractivity contribution in [3.63, 3.8) is 0 Å². The number of carbonyl (C=O) groups is 1. The Labute approximate surface area is 146 Å². The summed E-state index contributed by atoms with van der Waals surface area (Å²) in [4.78, 5) is 27.4. The molecular formula is C17H13FN4O2S. The Morgan fingerprint density at radius 3 is 2.88 bits per heavy atom. The number of amides is 1. The van der Waals surface area contributed by atoms with Gasteiger partial charge in [-0.05, 0) is 25.1 Å². The smallest absolute Gasteiger partial charge is 0.270 e. The lowest BCUT2D eigenvalue weighted by Gasteiger charge is -2.33. The van der Waals surface area contributed by atoms with Gasteiger partial charge in [0.25, 0.3) is 5.91 Å². The van der Waals surface area contributed by atoms with Crippen molar-refractivity contribution < 1.29 is 13.9 Å². The normalized spacial score (nSPS) is 16.2. The molecule has 0 radical (unpaired) electrons. The molecule has 0 spiro atoms. The molecule has 4 rings (SSSR count). The zero-order valence-corrected chi connectivity index (χ0v) is 14.0. The minimum absolute atomic E-state index is 0.103. The second kappa shape index (κ2) is 6.21. The molecule has 8 heteroatoms. The number of halogens is 1. The molecule has 3 heterocycles. The highest BCUT2D eigenvalue weighted by atomic mass is 32.1. The first-order chi connectivity index (χ1) is 12.1. The van der Waals surface area contributed by atoms with Crippen LogP contribution in [0.25, 0.3) is 10.8 Å². The van der Waals surface area contributed by atoms with E-state index in [1.165, 1.54) is 28.5 Å². The van der Waals surface area contributed by atoms with Crippen molar-refractivity contribution in [1.82, 2.24) is 15.0 Å². The molecule has 126 valence electrons. The number of hydrogen-bond acceptors (Lipinski definition) is 6. The predicted octanol–water partition coefficient (Wildman–Crippen LogP) is 3.17. The van der Waals surface area contributed by atoms with Crippen molar-refractivity contribution in [1.29, 1.82) is 0 Å². The maximum Gasteiger partial charge on any atom is 0.270 e. The van der Waals surface area contributed by atoms with Gasteiger partial charge in [-0.15, -0.1) is 11.3 Å². The monoisotopic (exact) mass is 356 g/mol. The minimum atomic E-state index is -0.482. The van der Waals surface area contributed by atoms with Gasteiger partial charge < -0.3 is 9.64 Å². The highest BCUT2D eigenvalue weighted by molar-refractivity contribution is 7.16. The fraction of sp³-hybridized carbons (Fsp3) is 0.176. The fourth-order valence-corrected chi connectivity index (χ4v) is 3.45. The summed E-state index contributed by atoms with van der Waals surface area (Å²) in [6, 6.07) is 6.26. The third-order valence-corrected chi connectivity index (χ3v) is 4.70. The van der Waals surface area contributed by atoms with Crippen molar-refractivity contribution in [3.05, 3.63) is 53.6 Å². The van der Waals surface area contributed by atoms with E-state index in [-0.39, 0.29) is 17.8 Å². The number of hydrogen-bond donors (Lipinski definition) is 0. The van der Waals surface area contributed by atoms with E-state index in [1.54, 1.807) is 37.5 Å². The molecule has 0 N–H and O–H groups in total. The van der Waals surface area contributed by atoms with Crippen molar-refractivity contribution in [2.45, 2.75) is 13.0 Å². The molecule has 0 saturated heterocycles. The topological polar surface area (TPSA) is 68.2 Å². The van der Waals surface area contributed by atoms with Crippen LogP contribution in [0.4, 0.5) is 10.1 Å². The van der Waals surface area contributed by atoms with Gasteiger partial charge in [0, 0.05) is 12.4 Å². The van der Waals surface area contributed by atoms with Crippen LogP contribution in [0.15, 0.2) is 42.9 Å².